The Hall–Kier alpha value is -4.86. The lowest BCUT2D eigenvalue weighted by atomic mass is 10.1. The molecule has 0 aromatic heterocycles. The fourth-order valence-corrected chi connectivity index (χ4v) is 2.94. The number of primary amides is 2. The van der Waals surface area contributed by atoms with E-state index < -0.39 is 12.1 Å². The van der Waals surface area contributed by atoms with Crippen LogP contribution in [0.4, 0.5) is 26.7 Å². The first-order valence-electron chi connectivity index (χ1n) is 9.82. The van der Waals surface area contributed by atoms with Gasteiger partial charge in [0, 0.05) is 34.7 Å². The summed E-state index contributed by atoms with van der Waals surface area (Å²) < 4.78 is 0. The minimum Gasteiger partial charge on any atom is -0.351 e. The molecule has 10 nitrogen and oxygen atoms in total. The Morgan fingerprint density at radius 1 is 0.606 bits per heavy atom. The van der Waals surface area contributed by atoms with Crippen molar-refractivity contribution in [3.63, 3.8) is 0 Å². The van der Waals surface area contributed by atoms with Crippen molar-refractivity contribution in [1.29, 1.82) is 0 Å². The first kappa shape index (κ1) is 22.8. The largest absolute Gasteiger partial charge is 0.351 e. The quantitative estimate of drug-likeness (QED) is 0.328. The summed E-state index contributed by atoms with van der Waals surface area (Å²) in [7, 11) is 0. The average molecular weight is 446 g/mol. The van der Waals surface area contributed by atoms with Gasteiger partial charge in [0.05, 0.1) is 0 Å². The van der Waals surface area contributed by atoms with Crippen LogP contribution in [-0.4, -0.2) is 23.9 Å². The van der Waals surface area contributed by atoms with Crippen LogP contribution in [0.5, 0.6) is 0 Å². The number of rotatable bonds is 7. The van der Waals surface area contributed by atoms with Crippen molar-refractivity contribution in [3.05, 3.63) is 89.5 Å². The Morgan fingerprint density at radius 3 is 1.64 bits per heavy atom. The van der Waals surface area contributed by atoms with Crippen molar-refractivity contribution in [3.8, 4) is 0 Å². The molecule has 10 heteroatoms. The molecule has 3 aromatic carbocycles. The van der Waals surface area contributed by atoms with Gasteiger partial charge >= 0.3 is 12.1 Å². The third kappa shape index (κ3) is 6.82. The summed E-state index contributed by atoms with van der Waals surface area (Å²) in [5.41, 5.74) is 13.3. The van der Waals surface area contributed by atoms with Crippen LogP contribution in [0.3, 0.4) is 0 Å². The molecule has 168 valence electrons. The molecule has 0 unspecified atom stereocenters. The highest BCUT2D eigenvalue weighted by atomic mass is 16.2. The number of anilines is 3. The normalized spacial score (nSPS) is 10.1. The van der Waals surface area contributed by atoms with Gasteiger partial charge < -0.3 is 32.7 Å². The van der Waals surface area contributed by atoms with Gasteiger partial charge in [-0.2, -0.15) is 0 Å². The Bertz CT molecular complexity index is 1180. The van der Waals surface area contributed by atoms with E-state index in [9.17, 15) is 19.2 Å². The first-order valence-corrected chi connectivity index (χ1v) is 9.82. The predicted octanol–water partition coefficient (Wildman–Crippen LogP) is 2.85. The highest BCUT2D eigenvalue weighted by Crippen LogP contribution is 2.15. The second kappa shape index (κ2) is 10.4. The molecule has 0 aliphatic heterocycles. The van der Waals surface area contributed by atoms with E-state index in [1.165, 1.54) is 0 Å². The molecule has 0 fully saturated rings. The van der Waals surface area contributed by atoms with Gasteiger partial charge in [-0.15, -0.1) is 0 Å². The fraction of sp³-hybridized carbons (Fsp3) is 0.0435. The lowest BCUT2D eigenvalue weighted by molar-refractivity contribution is 0.0950. The summed E-state index contributed by atoms with van der Waals surface area (Å²) in [6, 6.07) is 18.3. The van der Waals surface area contributed by atoms with Crippen molar-refractivity contribution in [1.82, 2.24) is 5.32 Å². The zero-order valence-corrected chi connectivity index (χ0v) is 17.4. The summed E-state index contributed by atoms with van der Waals surface area (Å²) in [5, 5.41) is 10.4. The lowest BCUT2D eigenvalue weighted by Crippen LogP contribution is -2.23. The maximum atomic E-state index is 12.5. The minimum atomic E-state index is -0.687. The second-order valence-electron chi connectivity index (χ2n) is 6.97. The molecule has 3 rings (SSSR count). The van der Waals surface area contributed by atoms with Crippen LogP contribution in [0.2, 0.25) is 0 Å². The highest BCUT2D eigenvalue weighted by molar-refractivity contribution is 6.04. The topological polar surface area (TPSA) is 168 Å². The van der Waals surface area contributed by atoms with E-state index in [-0.39, 0.29) is 18.4 Å². The van der Waals surface area contributed by atoms with E-state index >= 15 is 0 Å². The molecule has 0 bridgehead atoms. The van der Waals surface area contributed by atoms with E-state index in [2.05, 4.69) is 21.3 Å². The summed E-state index contributed by atoms with van der Waals surface area (Å²) in [5.74, 6) is -0.619. The number of carbonyl (C=O) groups is 4. The van der Waals surface area contributed by atoms with E-state index in [0.29, 0.717) is 28.2 Å². The van der Waals surface area contributed by atoms with Gasteiger partial charge in [0.2, 0.25) is 0 Å². The van der Waals surface area contributed by atoms with Gasteiger partial charge in [-0.1, -0.05) is 12.1 Å². The zero-order chi connectivity index (χ0) is 23.8. The average Bonchev–Trinajstić information content (AvgIpc) is 2.78. The zero-order valence-electron chi connectivity index (χ0n) is 17.4. The molecule has 0 saturated carbocycles. The first-order chi connectivity index (χ1) is 15.8. The van der Waals surface area contributed by atoms with Crippen LogP contribution in [0, 0.1) is 0 Å². The van der Waals surface area contributed by atoms with Crippen LogP contribution in [0.1, 0.15) is 26.3 Å². The van der Waals surface area contributed by atoms with Crippen LogP contribution >= 0.6 is 0 Å². The van der Waals surface area contributed by atoms with Crippen LogP contribution in [0.25, 0.3) is 0 Å². The molecular weight excluding hydrogens is 424 g/mol. The lowest BCUT2D eigenvalue weighted by Gasteiger charge is -2.10. The molecule has 0 spiro atoms. The molecule has 33 heavy (non-hydrogen) atoms. The van der Waals surface area contributed by atoms with Crippen molar-refractivity contribution in [2.45, 2.75) is 6.54 Å². The Kier molecular flexibility index (Phi) is 7.22. The molecule has 8 N–H and O–H groups in total. The van der Waals surface area contributed by atoms with Crippen molar-refractivity contribution >= 4 is 40.9 Å². The van der Waals surface area contributed by atoms with E-state index in [1.807, 2.05) is 6.07 Å². The summed E-state index contributed by atoms with van der Waals surface area (Å²) in [4.78, 5) is 46.6. The monoisotopic (exact) mass is 446 g/mol. The maximum absolute atomic E-state index is 12.5. The number of carbonyl (C=O) groups excluding carboxylic acids is 4. The molecule has 0 heterocycles. The van der Waals surface area contributed by atoms with Crippen LogP contribution in [-0.2, 0) is 6.54 Å². The highest BCUT2D eigenvalue weighted by Gasteiger charge is 2.09. The third-order valence-electron chi connectivity index (χ3n) is 4.47. The van der Waals surface area contributed by atoms with Gasteiger partial charge in [-0.05, 0) is 66.2 Å². The Labute approximate surface area is 189 Å². The maximum Gasteiger partial charge on any atom is 0.316 e. The van der Waals surface area contributed by atoms with Gasteiger partial charge in [0.1, 0.15) is 0 Å². The molecule has 0 aliphatic rings. The summed E-state index contributed by atoms with van der Waals surface area (Å²) in [6.45, 7) is 0.247. The summed E-state index contributed by atoms with van der Waals surface area (Å²) in [6.07, 6.45) is 0. The van der Waals surface area contributed by atoms with Crippen molar-refractivity contribution in [2.75, 3.05) is 16.0 Å². The number of benzene rings is 3. The van der Waals surface area contributed by atoms with Gasteiger partial charge in [-0.25, -0.2) is 9.59 Å². The molecule has 0 atom stereocenters. The van der Waals surface area contributed by atoms with Crippen LogP contribution in [0.15, 0.2) is 72.8 Å². The molecular formula is C23H22N6O4. The van der Waals surface area contributed by atoms with Crippen LogP contribution < -0.4 is 32.7 Å². The van der Waals surface area contributed by atoms with Crippen molar-refractivity contribution < 1.29 is 19.2 Å². The van der Waals surface area contributed by atoms with Gasteiger partial charge in [-0.3, -0.25) is 9.59 Å². The number of hydrogen-bond acceptors (Lipinski definition) is 4. The number of nitrogens with two attached hydrogens (primary N) is 2. The standard InChI is InChI=1S/C23H22N6O4/c24-22(32)28-17-8-4-15(5-9-17)20(30)26-13-14-2-1-3-19(12-14)27-21(31)16-6-10-18(11-7-16)29-23(25)33/h1-12H,13H2,(H,26,30)(H,27,31)(H3,24,28,32)(H3,25,29,33). The number of amides is 6. The van der Waals surface area contributed by atoms with E-state index in [1.54, 1.807) is 66.7 Å². The SMILES string of the molecule is NC(=O)Nc1ccc(C(=O)NCc2cccc(NC(=O)c3ccc(NC(N)=O)cc3)c2)cc1. The fourth-order valence-electron chi connectivity index (χ4n) is 2.94. The summed E-state index contributed by atoms with van der Waals surface area (Å²) >= 11 is 0. The molecule has 0 radical (unpaired) electrons. The number of nitrogens with one attached hydrogen (secondary N) is 4. The third-order valence-corrected chi connectivity index (χ3v) is 4.47. The van der Waals surface area contributed by atoms with E-state index in [0.717, 1.165) is 5.56 Å². The van der Waals surface area contributed by atoms with Crippen molar-refractivity contribution in [2.24, 2.45) is 11.5 Å². The van der Waals surface area contributed by atoms with Gasteiger partial charge in [0.15, 0.2) is 0 Å². The molecule has 0 aliphatic carbocycles. The Morgan fingerprint density at radius 2 is 1.12 bits per heavy atom. The van der Waals surface area contributed by atoms with Gasteiger partial charge in [0.25, 0.3) is 11.8 Å². The number of hydrogen-bond donors (Lipinski definition) is 6. The smallest absolute Gasteiger partial charge is 0.316 e. The number of urea groups is 2. The molecule has 6 amide bonds. The molecule has 3 aromatic rings. The minimum absolute atomic E-state index is 0.247. The second-order valence-corrected chi connectivity index (χ2v) is 6.97. The predicted molar refractivity (Wildman–Crippen MR) is 125 cm³/mol. The Balaban J connectivity index is 1.57. The van der Waals surface area contributed by atoms with E-state index in [4.69, 9.17) is 11.5 Å². The molecule has 0 saturated heterocycles.